The van der Waals surface area contributed by atoms with Gasteiger partial charge in [-0.15, -0.1) is 0 Å². The first kappa shape index (κ1) is 19.7. The number of aliphatic carboxylic acids is 1. The van der Waals surface area contributed by atoms with Gasteiger partial charge in [0.05, 0.1) is 12.6 Å². The number of aromatic nitrogens is 2. The van der Waals surface area contributed by atoms with Crippen molar-refractivity contribution in [2.75, 3.05) is 43.5 Å². The lowest BCUT2D eigenvalue weighted by Crippen LogP contribution is -2.44. The van der Waals surface area contributed by atoms with Crippen molar-refractivity contribution in [2.24, 2.45) is 0 Å². The van der Waals surface area contributed by atoms with Crippen LogP contribution in [0.3, 0.4) is 0 Å². The van der Waals surface area contributed by atoms with Gasteiger partial charge in [0, 0.05) is 46.2 Å². The van der Waals surface area contributed by atoms with E-state index in [1.165, 1.54) is 0 Å². The summed E-state index contributed by atoms with van der Waals surface area (Å²) in [5, 5.41) is 13.9. The van der Waals surface area contributed by atoms with Gasteiger partial charge in [-0.1, -0.05) is 0 Å². The Hall–Kier alpha value is -2.65. The van der Waals surface area contributed by atoms with Crippen LogP contribution in [0, 0.1) is 0 Å². The molecule has 1 aromatic rings. The van der Waals surface area contributed by atoms with E-state index < -0.39 is 18.2 Å². The average molecular weight is 368 g/mol. The maximum Gasteiger partial charge on any atom is 0.314 e. The minimum Gasteiger partial charge on any atom is -0.481 e. The summed E-state index contributed by atoms with van der Waals surface area (Å²) in [5.41, 5.74) is 0. The number of halogens is 1. The lowest BCUT2D eigenvalue weighted by molar-refractivity contribution is -0.137. The third-order valence-corrected chi connectivity index (χ3v) is 4.04. The smallest absolute Gasteiger partial charge is 0.314 e. The quantitative estimate of drug-likeness (QED) is 0.577. The van der Waals surface area contributed by atoms with E-state index in [0.29, 0.717) is 24.6 Å². The molecule has 1 aliphatic heterocycles. The number of rotatable bonds is 8. The average Bonchev–Trinajstić information content (AvgIpc) is 2.97. The second kappa shape index (κ2) is 9.16. The largest absolute Gasteiger partial charge is 0.481 e. The predicted molar refractivity (Wildman–Crippen MR) is 95.3 cm³/mol. The SMILES string of the molecule is CN(C)c1nccc(N2C[C@@H](F)C[C@H]2CNC(=O)NCCCC(=O)O)n1. The standard InChI is InChI=1S/C16H25FN6O3/c1-22(2)15-18-7-5-13(21-15)23-10-11(17)8-12(23)9-20-16(26)19-6-3-4-14(24)25/h5,7,11-12H,3-4,6,8-10H2,1-2H3,(H,24,25)(H2,19,20,26)/t11-,12-/m0/s1. The number of nitrogens with one attached hydrogen (secondary N) is 2. The first-order valence-corrected chi connectivity index (χ1v) is 8.51. The number of amides is 2. The van der Waals surface area contributed by atoms with Crippen LogP contribution in [-0.2, 0) is 4.79 Å². The molecular weight excluding hydrogens is 343 g/mol. The Labute approximate surface area is 151 Å². The minimum atomic E-state index is -0.988. The van der Waals surface area contributed by atoms with Crippen molar-refractivity contribution in [3.05, 3.63) is 12.3 Å². The third-order valence-electron chi connectivity index (χ3n) is 4.04. The van der Waals surface area contributed by atoms with Crippen LogP contribution >= 0.6 is 0 Å². The number of anilines is 2. The molecule has 2 rings (SSSR count). The van der Waals surface area contributed by atoms with Crippen LogP contribution in [-0.4, -0.2) is 73.0 Å². The molecule has 0 saturated carbocycles. The molecule has 9 nitrogen and oxygen atoms in total. The highest BCUT2D eigenvalue weighted by Gasteiger charge is 2.33. The molecule has 3 N–H and O–H groups in total. The molecule has 1 fully saturated rings. The Balaban J connectivity index is 1.88. The van der Waals surface area contributed by atoms with Crippen molar-refractivity contribution in [1.82, 2.24) is 20.6 Å². The van der Waals surface area contributed by atoms with Crippen molar-refractivity contribution in [3.8, 4) is 0 Å². The molecule has 10 heteroatoms. The molecule has 26 heavy (non-hydrogen) atoms. The van der Waals surface area contributed by atoms with E-state index >= 15 is 0 Å². The molecule has 0 radical (unpaired) electrons. The normalized spacial score (nSPS) is 19.3. The number of carboxylic acids is 1. The Kier molecular flexibility index (Phi) is 6.93. The van der Waals surface area contributed by atoms with Gasteiger partial charge >= 0.3 is 12.0 Å². The van der Waals surface area contributed by atoms with E-state index in [1.807, 2.05) is 19.0 Å². The molecule has 0 aromatic carbocycles. The molecule has 1 aromatic heterocycles. The van der Waals surface area contributed by atoms with Crippen LogP contribution in [0.4, 0.5) is 21.0 Å². The molecule has 1 saturated heterocycles. The van der Waals surface area contributed by atoms with Crippen LogP contribution < -0.4 is 20.4 Å². The molecule has 0 unspecified atom stereocenters. The van der Waals surface area contributed by atoms with E-state index in [0.717, 1.165) is 0 Å². The summed E-state index contributed by atoms with van der Waals surface area (Å²) in [6, 6.07) is 1.12. The van der Waals surface area contributed by atoms with Crippen LogP contribution in [0.2, 0.25) is 0 Å². The van der Waals surface area contributed by atoms with Gasteiger partial charge in [-0.05, 0) is 12.5 Å². The fourth-order valence-corrected chi connectivity index (χ4v) is 2.76. The first-order valence-electron chi connectivity index (χ1n) is 8.51. The number of carbonyl (C=O) groups is 2. The fraction of sp³-hybridized carbons (Fsp3) is 0.625. The van der Waals surface area contributed by atoms with E-state index in [1.54, 1.807) is 17.2 Å². The highest BCUT2D eigenvalue weighted by Crippen LogP contribution is 2.26. The fourth-order valence-electron chi connectivity index (χ4n) is 2.76. The number of alkyl halides is 1. The van der Waals surface area contributed by atoms with Crippen molar-refractivity contribution in [3.63, 3.8) is 0 Å². The molecule has 144 valence electrons. The van der Waals surface area contributed by atoms with Crippen LogP contribution in [0.15, 0.2) is 12.3 Å². The third kappa shape index (κ3) is 5.71. The zero-order chi connectivity index (χ0) is 19.1. The molecule has 0 bridgehead atoms. The lowest BCUT2D eigenvalue weighted by atomic mass is 10.2. The maximum absolute atomic E-state index is 13.9. The molecule has 1 aliphatic rings. The van der Waals surface area contributed by atoms with Gasteiger partial charge in [0.1, 0.15) is 12.0 Å². The topological polar surface area (TPSA) is 111 Å². The van der Waals surface area contributed by atoms with E-state index in [-0.39, 0.29) is 32.1 Å². The first-order chi connectivity index (χ1) is 12.4. The highest BCUT2D eigenvalue weighted by atomic mass is 19.1. The van der Waals surface area contributed by atoms with E-state index in [4.69, 9.17) is 5.11 Å². The van der Waals surface area contributed by atoms with Crippen molar-refractivity contribution < 1.29 is 19.1 Å². The summed E-state index contributed by atoms with van der Waals surface area (Å²) < 4.78 is 13.9. The summed E-state index contributed by atoms with van der Waals surface area (Å²) in [5.74, 6) is 0.259. The molecule has 0 spiro atoms. The number of hydrogen-bond donors (Lipinski definition) is 3. The van der Waals surface area contributed by atoms with Crippen LogP contribution in [0.1, 0.15) is 19.3 Å². The molecular formula is C16H25FN6O3. The second-order valence-electron chi connectivity index (χ2n) is 6.38. The Bertz CT molecular complexity index is 630. The number of carbonyl (C=O) groups excluding carboxylic acids is 1. The Morgan fingerprint density at radius 3 is 2.88 bits per heavy atom. The number of hydrogen-bond acceptors (Lipinski definition) is 6. The summed E-state index contributed by atoms with van der Waals surface area (Å²) in [6.45, 7) is 0.763. The van der Waals surface area contributed by atoms with Crippen molar-refractivity contribution >= 4 is 23.8 Å². The summed E-state index contributed by atoms with van der Waals surface area (Å²) in [4.78, 5) is 34.4. The van der Waals surface area contributed by atoms with E-state index in [9.17, 15) is 14.0 Å². The summed E-state index contributed by atoms with van der Waals surface area (Å²) in [6.07, 6.45) is 1.31. The van der Waals surface area contributed by atoms with Crippen LogP contribution in [0.25, 0.3) is 0 Å². The number of carboxylic acid groups (broad SMARTS) is 1. The van der Waals surface area contributed by atoms with E-state index in [2.05, 4.69) is 20.6 Å². The van der Waals surface area contributed by atoms with Gasteiger partial charge in [-0.25, -0.2) is 14.2 Å². The van der Waals surface area contributed by atoms with Gasteiger partial charge in [0.15, 0.2) is 0 Å². The van der Waals surface area contributed by atoms with Gasteiger partial charge in [0.25, 0.3) is 0 Å². The van der Waals surface area contributed by atoms with Gasteiger partial charge in [-0.3, -0.25) is 4.79 Å². The highest BCUT2D eigenvalue weighted by molar-refractivity contribution is 5.74. The molecule has 2 amide bonds. The number of urea groups is 1. The summed E-state index contributed by atoms with van der Waals surface area (Å²) in [7, 11) is 3.66. The Morgan fingerprint density at radius 1 is 1.42 bits per heavy atom. The minimum absolute atomic E-state index is 0.00212. The predicted octanol–water partition coefficient (Wildman–Crippen LogP) is 0.623. The van der Waals surface area contributed by atoms with Crippen molar-refractivity contribution in [1.29, 1.82) is 0 Å². The molecule has 2 heterocycles. The summed E-state index contributed by atoms with van der Waals surface area (Å²) >= 11 is 0. The van der Waals surface area contributed by atoms with Gasteiger partial charge in [-0.2, -0.15) is 4.98 Å². The van der Waals surface area contributed by atoms with Crippen LogP contribution in [0.5, 0.6) is 0 Å². The zero-order valence-electron chi connectivity index (χ0n) is 15.0. The van der Waals surface area contributed by atoms with Gasteiger partial charge < -0.3 is 25.5 Å². The van der Waals surface area contributed by atoms with Crippen molar-refractivity contribution in [2.45, 2.75) is 31.5 Å². The zero-order valence-corrected chi connectivity index (χ0v) is 15.0. The maximum atomic E-state index is 13.9. The second-order valence-corrected chi connectivity index (χ2v) is 6.38. The number of nitrogens with zero attached hydrogens (tertiary/aromatic N) is 4. The Morgan fingerprint density at radius 2 is 2.19 bits per heavy atom. The molecule has 0 aliphatic carbocycles. The van der Waals surface area contributed by atoms with Gasteiger partial charge in [0.2, 0.25) is 5.95 Å². The lowest BCUT2D eigenvalue weighted by Gasteiger charge is -2.26. The monoisotopic (exact) mass is 368 g/mol. The molecule has 2 atom stereocenters.